The summed E-state index contributed by atoms with van der Waals surface area (Å²) in [6, 6.07) is 7.36. The average Bonchev–Trinajstić information content (AvgIpc) is 3.22. The molecule has 0 aliphatic carbocycles. The van der Waals surface area contributed by atoms with Gasteiger partial charge in [0, 0.05) is 12.6 Å². The summed E-state index contributed by atoms with van der Waals surface area (Å²) < 4.78 is 10.8. The number of amides is 2. The number of hydrogen-bond acceptors (Lipinski definition) is 4. The number of aromatic nitrogens is 1. The summed E-state index contributed by atoms with van der Waals surface area (Å²) in [6.45, 7) is 5.27. The van der Waals surface area contributed by atoms with E-state index in [1.165, 1.54) is 0 Å². The Bertz CT molecular complexity index is 727. The van der Waals surface area contributed by atoms with Crippen molar-refractivity contribution in [3.05, 3.63) is 46.3 Å². The molecule has 1 aromatic carbocycles. The van der Waals surface area contributed by atoms with E-state index in [0.29, 0.717) is 30.5 Å². The lowest BCUT2D eigenvalue weighted by atomic mass is 10.1. The highest BCUT2D eigenvalue weighted by Gasteiger charge is 2.31. The predicted octanol–water partition coefficient (Wildman–Crippen LogP) is 3.87. The molecule has 0 radical (unpaired) electrons. The molecule has 1 saturated heterocycles. The quantitative estimate of drug-likeness (QED) is 0.819. The van der Waals surface area contributed by atoms with Crippen molar-refractivity contribution < 1.29 is 14.1 Å². The van der Waals surface area contributed by atoms with E-state index in [1.807, 2.05) is 32.0 Å². The Hall–Kier alpha value is -2.21. The van der Waals surface area contributed by atoms with Crippen molar-refractivity contribution in [2.45, 2.75) is 32.7 Å². The molecule has 2 amide bonds. The smallest absolute Gasteiger partial charge is 0.318 e. The van der Waals surface area contributed by atoms with Gasteiger partial charge in [0.25, 0.3) is 0 Å². The number of carbonyl (C=O) groups excluding carboxylic acids is 1. The van der Waals surface area contributed by atoms with Crippen LogP contribution >= 0.6 is 11.6 Å². The standard InChI is InChI=1S/C18H22ClN3O3/c1-12-5-3-6-14(19)17(12)24-10-8-20-18(23)22-9-4-7-16(22)15-11-13(2)25-21-15/h3,5-6,11,16H,4,7-10H2,1-2H3,(H,20,23). The molecule has 1 fully saturated rings. The van der Waals surface area contributed by atoms with Crippen LogP contribution in [0.1, 0.15) is 35.9 Å². The van der Waals surface area contributed by atoms with Gasteiger partial charge in [0.2, 0.25) is 0 Å². The molecule has 0 spiro atoms. The van der Waals surface area contributed by atoms with Gasteiger partial charge < -0.3 is 19.5 Å². The Morgan fingerprint density at radius 1 is 1.48 bits per heavy atom. The van der Waals surface area contributed by atoms with Crippen molar-refractivity contribution in [2.24, 2.45) is 0 Å². The molecule has 1 unspecified atom stereocenters. The van der Waals surface area contributed by atoms with E-state index in [4.69, 9.17) is 20.9 Å². The van der Waals surface area contributed by atoms with Crippen LogP contribution in [0.5, 0.6) is 5.75 Å². The molecular weight excluding hydrogens is 342 g/mol. The van der Waals surface area contributed by atoms with Crippen LogP contribution in [0.4, 0.5) is 4.79 Å². The number of benzene rings is 1. The number of carbonyl (C=O) groups is 1. The van der Waals surface area contributed by atoms with E-state index in [1.54, 1.807) is 11.0 Å². The second-order valence-electron chi connectivity index (χ2n) is 6.18. The van der Waals surface area contributed by atoms with E-state index in [0.717, 1.165) is 29.9 Å². The second-order valence-corrected chi connectivity index (χ2v) is 6.59. The Kier molecular flexibility index (Phi) is 5.48. The minimum absolute atomic E-state index is 0.0239. The van der Waals surface area contributed by atoms with Gasteiger partial charge in [0.05, 0.1) is 17.6 Å². The van der Waals surface area contributed by atoms with E-state index in [9.17, 15) is 4.79 Å². The number of halogens is 1. The molecule has 2 heterocycles. The Morgan fingerprint density at radius 3 is 3.04 bits per heavy atom. The summed E-state index contributed by atoms with van der Waals surface area (Å²) in [6.07, 6.45) is 1.86. The summed E-state index contributed by atoms with van der Waals surface area (Å²) in [4.78, 5) is 14.3. The van der Waals surface area contributed by atoms with Crippen molar-refractivity contribution in [2.75, 3.05) is 19.7 Å². The molecule has 1 aliphatic rings. The van der Waals surface area contributed by atoms with Gasteiger partial charge in [0.15, 0.2) is 0 Å². The van der Waals surface area contributed by atoms with Gasteiger partial charge in [0.1, 0.15) is 23.8 Å². The molecule has 0 saturated carbocycles. The molecule has 0 bridgehead atoms. The van der Waals surface area contributed by atoms with Gasteiger partial charge in [-0.15, -0.1) is 0 Å². The summed E-state index contributed by atoms with van der Waals surface area (Å²) in [7, 11) is 0. The van der Waals surface area contributed by atoms with E-state index >= 15 is 0 Å². The highest BCUT2D eigenvalue weighted by atomic mass is 35.5. The van der Waals surface area contributed by atoms with Gasteiger partial charge in [-0.1, -0.05) is 28.9 Å². The first kappa shape index (κ1) is 17.6. The number of rotatable bonds is 5. The predicted molar refractivity (Wildman–Crippen MR) is 95.0 cm³/mol. The van der Waals surface area contributed by atoms with E-state index < -0.39 is 0 Å². The fraction of sp³-hybridized carbons (Fsp3) is 0.444. The summed E-state index contributed by atoms with van der Waals surface area (Å²) in [5.74, 6) is 1.42. The topological polar surface area (TPSA) is 67.6 Å². The summed E-state index contributed by atoms with van der Waals surface area (Å²) in [5, 5.41) is 7.53. The summed E-state index contributed by atoms with van der Waals surface area (Å²) in [5.41, 5.74) is 1.79. The maximum Gasteiger partial charge on any atom is 0.318 e. The molecule has 7 heteroatoms. The molecule has 134 valence electrons. The largest absolute Gasteiger partial charge is 0.490 e. The van der Waals surface area contributed by atoms with Crippen molar-refractivity contribution in [3.8, 4) is 5.75 Å². The Balaban J connectivity index is 1.50. The minimum atomic E-state index is -0.109. The van der Waals surface area contributed by atoms with Crippen molar-refractivity contribution >= 4 is 17.6 Å². The van der Waals surface area contributed by atoms with Gasteiger partial charge >= 0.3 is 6.03 Å². The first-order chi connectivity index (χ1) is 12.1. The number of likely N-dealkylation sites (tertiary alicyclic amines) is 1. The van der Waals surface area contributed by atoms with Crippen LogP contribution in [0, 0.1) is 13.8 Å². The molecule has 3 rings (SSSR count). The highest BCUT2D eigenvalue weighted by molar-refractivity contribution is 6.32. The number of nitrogens with one attached hydrogen (secondary N) is 1. The maximum atomic E-state index is 12.5. The third-order valence-electron chi connectivity index (χ3n) is 4.29. The molecule has 1 aliphatic heterocycles. The Labute approximate surface area is 152 Å². The van der Waals surface area contributed by atoms with Gasteiger partial charge in [-0.3, -0.25) is 0 Å². The summed E-state index contributed by atoms with van der Waals surface area (Å²) >= 11 is 6.13. The lowest BCUT2D eigenvalue weighted by Crippen LogP contribution is -2.41. The zero-order valence-electron chi connectivity index (χ0n) is 14.4. The van der Waals surface area contributed by atoms with Crippen LogP contribution < -0.4 is 10.1 Å². The zero-order chi connectivity index (χ0) is 17.8. The number of ether oxygens (including phenoxy) is 1. The lowest BCUT2D eigenvalue weighted by molar-refractivity contribution is 0.188. The fourth-order valence-corrected chi connectivity index (χ4v) is 3.35. The fourth-order valence-electron chi connectivity index (χ4n) is 3.07. The lowest BCUT2D eigenvalue weighted by Gasteiger charge is -2.23. The van der Waals surface area contributed by atoms with Crippen LogP contribution in [-0.4, -0.2) is 35.8 Å². The first-order valence-electron chi connectivity index (χ1n) is 8.42. The van der Waals surface area contributed by atoms with E-state index in [2.05, 4.69) is 10.5 Å². The zero-order valence-corrected chi connectivity index (χ0v) is 15.2. The van der Waals surface area contributed by atoms with Crippen LogP contribution in [0.3, 0.4) is 0 Å². The normalized spacial score (nSPS) is 16.9. The van der Waals surface area contributed by atoms with Crippen LogP contribution in [-0.2, 0) is 0 Å². The molecule has 1 aromatic heterocycles. The molecule has 6 nitrogen and oxygen atoms in total. The van der Waals surface area contributed by atoms with Crippen molar-refractivity contribution in [3.63, 3.8) is 0 Å². The monoisotopic (exact) mass is 363 g/mol. The van der Waals surface area contributed by atoms with Crippen LogP contribution in [0.25, 0.3) is 0 Å². The molecular formula is C18H22ClN3O3. The molecule has 25 heavy (non-hydrogen) atoms. The first-order valence-corrected chi connectivity index (χ1v) is 8.79. The van der Waals surface area contributed by atoms with Crippen LogP contribution in [0.2, 0.25) is 5.02 Å². The second kappa shape index (κ2) is 7.78. The molecule has 1 atom stereocenters. The average molecular weight is 364 g/mol. The van der Waals surface area contributed by atoms with Gasteiger partial charge in [-0.25, -0.2) is 4.79 Å². The number of para-hydroxylation sites is 1. The number of hydrogen-bond donors (Lipinski definition) is 1. The molecule has 1 N–H and O–H groups in total. The highest BCUT2D eigenvalue weighted by Crippen LogP contribution is 2.31. The Morgan fingerprint density at radius 2 is 2.32 bits per heavy atom. The molecule has 2 aromatic rings. The van der Waals surface area contributed by atoms with Gasteiger partial charge in [-0.2, -0.15) is 0 Å². The van der Waals surface area contributed by atoms with Crippen LogP contribution in [0.15, 0.2) is 28.8 Å². The van der Waals surface area contributed by atoms with Crippen molar-refractivity contribution in [1.82, 2.24) is 15.4 Å². The number of nitrogens with zero attached hydrogens (tertiary/aromatic N) is 2. The third-order valence-corrected chi connectivity index (χ3v) is 4.59. The third kappa shape index (κ3) is 4.07. The minimum Gasteiger partial charge on any atom is -0.490 e. The number of aryl methyl sites for hydroxylation is 2. The van der Waals surface area contributed by atoms with Crippen molar-refractivity contribution in [1.29, 1.82) is 0 Å². The number of urea groups is 1. The van der Waals surface area contributed by atoms with E-state index in [-0.39, 0.29) is 12.1 Å². The SMILES string of the molecule is Cc1cc(C2CCCN2C(=O)NCCOc2c(C)cccc2Cl)no1. The van der Waals surface area contributed by atoms with Gasteiger partial charge in [-0.05, 0) is 38.3 Å². The maximum absolute atomic E-state index is 12.5.